The average Bonchev–Trinajstić information content (AvgIpc) is 2.66. The van der Waals surface area contributed by atoms with E-state index in [1.807, 2.05) is 0 Å². The van der Waals surface area contributed by atoms with Gasteiger partial charge in [-0.05, 0) is 57.9 Å². The van der Waals surface area contributed by atoms with E-state index in [-0.39, 0.29) is 17.9 Å². The van der Waals surface area contributed by atoms with Crippen LogP contribution in [-0.2, 0) is 9.53 Å². The summed E-state index contributed by atoms with van der Waals surface area (Å²) in [5, 5.41) is 0.967. The third kappa shape index (κ3) is 21.9. The first-order chi connectivity index (χ1) is 13.6. The van der Waals surface area contributed by atoms with Gasteiger partial charge in [0.15, 0.2) is 0 Å². The molecule has 0 saturated heterocycles. The lowest BCUT2D eigenvalue weighted by atomic mass is 10.2. The Hall–Kier alpha value is -0.600. The molecule has 0 aromatic rings. The lowest BCUT2D eigenvalue weighted by molar-refractivity contribution is -0.137. The number of thioether (sulfide) groups is 1. The van der Waals surface area contributed by atoms with Crippen molar-refractivity contribution in [2.75, 3.05) is 18.2 Å². The van der Waals surface area contributed by atoms with Crippen molar-refractivity contribution in [1.29, 1.82) is 0 Å². The molecule has 0 radical (unpaired) electrons. The van der Waals surface area contributed by atoms with Gasteiger partial charge in [-0.1, -0.05) is 46.7 Å². The van der Waals surface area contributed by atoms with E-state index in [4.69, 9.17) is 4.74 Å². The highest BCUT2D eigenvalue weighted by atomic mass is 79.9. The number of hydrogen-bond donors (Lipinski definition) is 1. The van der Waals surface area contributed by atoms with E-state index in [1.165, 1.54) is 16.6 Å². The zero-order chi connectivity index (χ0) is 22.7. The summed E-state index contributed by atoms with van der Waals surface area (Å²) in [6.45, 7) is 6.26. The molecule has 0 unspecified atom stereocenters. The quantitative estimate of drug-likeness (QED) is 0.0751. The number of alkyl halides is 4. The van der Waals surface area contributed by atoms with Crippen LogP contribution < -0.4 is 0 Å². The maximum atomic E-state index is 11.8. The van der Waals surface area contributed by atoms with Crippen LogP contribution in [0, 0.1) is 0 Å². The van der Waals surface area contributed by atoms with Crippen LogP contribution in [0.25, 0.3) is 0 Å². The van der Waals surface area contributed by atoms with Crippen molar-refractivity contribution in [3.63, 3.8) is 0 Å². The molecule has 0 bridgehead atoms. The minimum atomic E-state index is -4.08. The Balaban J connectivity index is 0. The second-order valence-corrected chi connectivity index (χ2v) is 7.83. The van der Waals surface area contributed by atoms with E-state index in [9.17, 15) is 18.0 Å². The van der Waals surface area contributed by atoms with Gasteiger partial charge >= 0.3 is 12.1 Å². The predicted molar refractivity (Wildman–Crippen MR) is 127 cm³/mol. The Morgan fingerprint density at radius 1 is 1.24 bits per heavy atom. The van der Waals surface area contributed by atoms with Crippen molar-refractivity contribution in [2.45, 2.75) is 59.1 Å². The third-order valence-electron chi connectivity index (χ3n) is 3.20. The molecule has 0 aliphatic heterocycles. The Morgan fingerprint density at radius 3 is 2.38 bits per heavy atom. The van der Waals surface area contributed by atoms with Crippen molar-refractivity contribution in [3.05, 3.63) is 45.8 Å². The highest BCUT2D eigenvalue weighted by Gasteiger charge is 2.25. The van der Waals surface area contributed by atoms with Gasteiger partial charge in [-0.3, -0.25) is 0 Å². The number of allylic oxidation sites excluding steroid dienone is 6. The zero-order valence-electron chi connectivity index (χ0n) is 17.5. The van der Waals surface area contributed by atoms with Gasteiger partial charge in [-0.25, -0.2) is 4.79 Å². The molecule has 0 aliphatic carbocycles. The minimum absolute atomic E-state index is 0.114. The first-order valence-corrected chi connectivity index (χ1v) is 12.2. The van der Waals surface area contributed by atoms with E-state index < -0.39 is 18.6 Å². The SMILES string of the molecule is CC/C=C(\C=C(\C)CBr)SC.CCOC(=O)/C(S)=C/C=C/CCCCC(F)(F)F. The van der Waals surface area contributed by atoms with Crippen LogP contribution in [0.15, 0.2) is 45.8 Å². The van der Waals surface area contributed by atoms with Crippen molar-refractivity contribution < 1.29 is 22.7 Å². The standard InChI is InChI=1S/C12H17F3O2S.C9H15BrS/c1-2-17-11(16)10(18)8-6-4-3-5-7-9-12(13,14)15;1-4-5-9(11-3)6-8(2)7-10/h4,6,8,18H,2-3,5,7,9H2,1H3;5-6H,4,7H2,1-3H3/b6-4+,10-8-;8-6-,9-5+. The van der Waals surface area contributed by atoms with Crippen molar-refractivity contribution in [2.24, 2.45) is 0 Å². The number of hydrogen-bond acceptors (Lipinski definition) is 4. The maximum Gasteiger partial charge on any atom is 0.389 e. The van der Waals surface area contributed by atoms with Crippen molar-refractivity contribution >= 4 is 46.3 Å². The van der Waals surface area contributed by atoms with E-state index in [0.29, 0.717) is 12.8 Å². The van der Waals surface area contributed by atoms with E-state index in [0.717, 1.165) is 11.8 Å². The molecular weight excluding hydrogens is 485 g/mol. The normalized spacial score (nSPS) is 13.3. The number of ether oxygens (including phenoxy) is 1. The second-order valence-electron chi connectivity index (χ2n) is 5.90. The molecule has 29 heavy (non-hydrogen) atoms. The number of esters is 1. The van der Waals surface area contributed by atoms with Crippen LogP contribution in [0.1, 0.15) is 52.9 Å². The minimum Gasteiger partial charge on any atom is -0.462 e. The summed E-state index contributed by atoms with van der Waals surface area (Å²) in [5.74, 6) is -0.512. The van der Waals surface area contributed by atoms with Gasteiger partial charge < -0.3 is 4.74 Å². The molecule has 0 aromatic carbocycles. The van der Waals surface area contributed by atoms with Crippen LogP contribution >= 0.6 is 40.3 Å². The van der Waals surface area contributed by atoms with Gasteiger partial charge in [-0.2, -0.15) is 13.2 Å². The molecule has 0 amide bonds. The first kappa shape index (κ1) is 30.6. The van der Waals surface area contributed by atoms with Gasteiger partial charge in [0.05, 0.1) is 11.5 Å². The molecule has 0 spiro atoms. The molecular formula is C21H32BrF3O2S2. The fourth-order valence-electron chi connectivity index (χ4n) is 1.80. The molecule has 0 heterocycles. The topological polar surface area (TPSA) is 26.3 Å². The Labute approximate surface area is 191 Å². The third-order valence-corrected chi connectivity index (χ3v) is 5.17. The van der Waals surface area contributed by atoms with Gasteiger partial charge in [0.2, 0.25) is 0 Å². The van der Waals surface area contributed by atoms with Gasteiger partial charge in [0.25, 0.3) is 0 Å². The molecule has 0 aromatic heterocycles. The summed E-state index contributed by atoms with van der Waals surface area (Å²) in [7, 11) is 0. The highest BCUT2D eigenvalue weighted by Crippen LogP contribution is 2.22. The average molecular weight is 518 g/mol. The molecule has 0 N–H and O–H groups in total. The van der Waals surface area contributed by atoms with E-state index in [2.05, 4.69) is 60.8 Å². The van der Waals surface area contributed by atoms with Gasteiger partial charge in [-0.15, -0.1) is 24.4 Å². The van der Waals surface area contributed by atoms with Crippen LogP contribution in [0.2, 0.25) is 0 Å². The fourth-order valence-corrected chi connectivity index (χ4v) is 2.76. The highest BCUT2D eigenvalue weighted by molar-refractivity contribution is 9.09. The molecule has 0 fully saturated rings. The number of carbonyl (C=O) groups excluding carboxylic acids is 1. The number of unbranched alkanes of at least 4 members (excludes halogenated alkanes) is 2. The fraction of sp³-hybridized carbons (Fsp3) is 0.571. The largest absolute Gasteiger partial charge is 0.462 e. The second kappa shape index (κ2) is 19.4. The summed E-state index contributed by atoms with van der Waals surface area (Å²) in [6.07, 6.45) is 8.74. The number of halogens is 4. The molecule has 0 aliphatic rings. The molecule has 0 rings (SSSR count). The lowest BCUT2D eigenvalue weighted by Crippen LogP contribution is -2.05. The van der Waals surface area contributed by atoms with Crippen molar-refractivity contribution in [1.82, 2.24) is 0 Å². The number of rotatable bonds is 11. The Morgan fingerprint density at radius 2 is 1.90 bits per heavy atom. The Bertz CT molecular complexity index is 569. The smallest absolute Gasteiger partial charge is 0.389 e. The van der Waals surface area contributed by atoms with Crippen molar-refractivity contribution in [3.8, 4) is 0 Å². The van der Waals surface area contributed by atoms with Gasteiger partial charge in [0, 0.05) is 16.7 Å². The Kier molecular flexibility index (Phi) is 20.4. The first-order valence-electron chi connectivity index (χ1n) is 9.38. The van der Waals surface area contributed by atoms with Crippen LogP contribution in [0.5, 0.6) is 0 Å². The maximum absolute atomic E-state index is 11.8. The summed E-state index contributed by atoms with van der Waals surface area (Å²) < 4.78 is 40.1. The zero-order valence-corrected chi connectivity index (χ0v) is 20.8. The van der Waals surface area contributed by atoms with E-state index >= 15 is 0 Å². The summed E-state index contributed by atoms with van der Waals surface area (Å²) in [5.41, 5.74) is 1.37. The molecule has 0 saturated carbocycles. The molecule has 168 valence electrons. The van der Waals surface area contributed by atoms with Crippen LogP contribution in [-0.4, -0.2) is 30.3 Å². The summed E-state index contributed by atoms with van der Waals surface area (Å²) >= 11 is 9.15. The number of carbonyl (C=O) groups is 1. The molecule has 8 heteroatoms. The summed E-state index contributed by atoms with van der Waals surface area (Å²) in [4.78, 5) is 12.6. The lowest BCUT2D eigenvalue weighted by Gasteiger charge is -2.03. The summed E-state index contributed by atoms with van der Waals surface area (Å²) in [6, 6.07) is 0. The van der Waals surface area contributed by atoms with Crippen LogP contribution in [0.3, 0.4) is 0 Å². The number of thiol groups is 1. The molecule has 2 nitrogen and oxygen atoms in total. The van der Waals surface area contributed by atoms with Crippen LogP contribution in [0.4, 0.5) is 13.2 Å². The van der Waals surface area contributed by atoms with E-state index in [1.54, 1.807) is 30.8 Å². The monoisotopic (exact) mass is 516 g/mol. The molecule has 0 atom stereocenters. The van der Waals surface area contributed by atoms with Gasteiger partial charge in [0.1, 0.15) is 0 Å². The predicted octanol–water partition coefficient (Wildman–Crippen LogP) is 8.03.